The minimum absolute atomic E-state index is 0.0751. The summed E-state index contributed by atoms with van der Waals surface area (Å²) in [4.78, 5) is 26.1. The molecule has 2 unspecified atom stereocenters. The zero-order chi connectivity index (χ0) is 21.9. The molecule has 5 nitrogen and oxygen atoms in total. The largest absolute Gasteiger partial charge is 0.460 e. The first-order valence-electron chi connectivity index (χ1n) is 10.9. The molecule has 2 aliphatic carbocycles. The summed E-state index contributed by atoms with van der Waals surface area (Å²) in [6, 6.07) is 7.99. The van der Waals surface area contributed by atoms with Crippen LogP contribution in [0.15, 0.2) is 24.3 Å². The normalized spacial score (nSPS) is 23.6. The molecular formula is C24H34ClNO4. The molecule has 6 heteroatoms. The van der Waals surface area contributed by atoms with Crippen LogP contribution >= 0.6 is 11.6 Å². The van der Waals surface area contributed by atoms with E-state index in [4.69, 9.17) is 21.1 Å². The number of nitrogens with one attached hydrogen (secondary N) is 1. The molecule has 1 aromatic carbocycles. The van der Waals surface area contributed by atoms with Crippen LogP contribution in [0.4, 0.5) is 0 Å². The highest BCUT2D eigenvalue weighted by Crippen LogP contribution is 2.46. The van der Waals surface area contributed by atoms with Crippen LogP contribution in [0.2, 0.25) is 5.02 Å². The van der Waals surface area contributed by atoms with Gasteiger partial charge in [-0.3, -0.25) is 9.59 Å². The lowest BCUT2D eigenvalue weighted by Gasteiger charge is -2.32. The smallest absolute Gasteiger partial charge is 0.311 e. The van der Waals surface area contributed by atoms with Gasteiger partial charge in [0.1, 0.15) is 5.60 Å². The van der Waals surface area contributed by atoms with Crippen LogP contribution in [0.25, 0.3) is 0 Å². The fraction of sp³-hybridized carbons (Fsp3) is 0.667. The Balaban J connectivity index is 1.66. The first-order valence-corrected chi connectivity index (χ1v) is 11.3. The van der Waals surface area contributed by atoms with E-state index < -0.39 is 16.9 Å². The third-order valence-electron chi connectivity index (χ3n) is 6.19. The van der Waals surface area contributed by atoms with E-state index in [9.17, 15) is 9.59 Å². The van der Waals surface area contributed by atoms with Crippen molar-refractivity contribution in [2.45, 2.75) is 76.9 Å². The molecule has 0 aromatic heterocycles. The Morgan fingerprint density at radius 2 is 1.83 bits per heavy atom. The summed E-state index contributed by atoms with van der Waals surface area (Å²) in [6.45, 7) is 5.84. The maximum Gasteiger partial charge on any atom is 0.311 e. The van der Waals surface area contributed by atoms with Crippen molar-refractivity contribution in [1.82, 2.24) is 5.32 Å². The average molecular weight is 436 g/mol. The molecule has 0 bridgehead atoms. The molecule has 1 aromatic rings. The van der Waals surface area contributed by atoms with Gasteiger partial charge in [0, 0.05) is 24.1 Å². The maximum atomic E-state index is 13.4. The Labute approximate surface area is 184 Å². The van der Waals surface area contributed by atoms with E-state index >= 15 is 0 Å². The lowest BCUT2D eigenvalue weighted by molar-refractivity contribution is -0.163. The molecule has 30 heavy (non-hydrogen) atoms. The summed E-state index contributed by atoms with van der Waals surface area (Å²) in [6.07, 6.45) is 5.04. The molecule has 2 fully saturated rings. The van der Waals surface area contributed by atoms with Crippen molar-refractivity contribution in [3.05, 3.63) is 34.9 Å². The summed E-state index contributed by atoms with van der Waals surface area (Å²) in [5.74, 6) is -0.311. The second kappa shape index (κ2) is 9.27. The summed E-state index contributed by atoms with van der Waals surface area (Å²) < 4.78 is 10.9. The molecule has 166 valence electrons. The molecule has 3 atom stereocenters. The predicted molar refractivity (Wildman–Crippen MR) is 117 cm³/mol. The van der Waals surface area contributed by atoms with E-state index in [0.29, 0.717) is 12.3 Å². The van der Waals surface area contributed by atoms with Crippen molar-refractivity contribution in [1.29, 1.82) is 0 Å². The van der Waals surface area contributed by atoms with Crippen LogP contribution in [0.3, 0.4) is 0 Å². The third kappa shape index (κ3) is 5.76. The van der Waals surface area contributed by atoms with E-state index in [-0.39, 0.29) is 24.5 Å². The second-order valence-electron chi connectivity index (χ2n) is 9.85. The quantitative estimate of drug-likeness (QED) is 0.592. The van der Waals surface area contributed by atoms with E-state index in [0.717, 1.165) is 37.1 Å². The number of rotatable bonds is 8. The van der Waals surface area contributed by atoms with Crippen LogP contribution in [-0.4, -0.2) is 37.2 Å². The minimum Gasteiger partial charge on any atom is -0.460 e. The highest BCUT2D eigenvalue weighted by Gasteiger charge is 2.48. The lowest BCUT2D eigenvalue weighted by atomic mass is 9.76. The number of carbonyl (C=O) groups is 2. The van der Waals surface area contributed by atoms with Crippen molar-refractivity contribution in [2.24, 2.45) is 11.3 Å². The van der Waals surface area contributed by atoms with E-state index in [1.165, 1.54) is 5.56 Å². The summed E-state index contributed by atoms with van der Waals surface area (Å²) in [5.41, 5.74) is 0.123. The van der Waals surface area contributed by atoms with Gasteiger partial charge in [-0.1, -0.05) is 36.6 Å². The van der Waals surface area contributed by atoms with Gasteiger partial charge >= 0.3 is 5.97 Å². The Morgan fingerprint density at radius 3 is 2.40 bits per heavy atom. The number of halogens is 1. The van der Waals surface area contributed by atoms with Gasteiger partial charge in [0.25, 0.3) is 0 Å². The first-order chi connectivity index (χ1) is 14.1. The van der Waals surface area contributed by atoms with Crippen LogP contribution in [-0.2, 0) is 19.1 Å². The highest BCUT2D eigenvalue weighted by molar-refractivity contribution is 6.30. The third-order valence-corrected chi connectivity index (χ3v) is 6.44. The van der Waals surface area contributed by atoms with Gasteiger partial charge in [-0.15, -0.1) is 0 Å². The Kier molecular flexibility index (Phi) is 7.13. The fourth-order valence-corrected chi connectivity index (χ4v) is 4.72. The standard InChI is InChI=1S/C24H34ClNO4/c1-23(2,3)30-21(27)17(15-29-4)14-24(11-5-6-12-24)22(28)26-20-13-19(20)16-7-9-18(25)10-8-16/h7-10,17,19-20H,5-6,11-15H2,1-4H3,(H,26,28)/t17?,19-,20?/m0/s1. The van der Waals surface area contributed by atoms with E-state index in [1.807, 2.05) is 45.0 Å². The fourth-order valence-electron chi connectivity index (χ4n) is 4.60. The number of hydrogen-bond donors (Lipinski definition) is 1. The molecule has 0 saturated heterocycles. The molecule has 2 aliphatic rings. The van der Waals surface area contributed by atoms with Gasteiger partial charge in [0.2, 0.25) is 5.91 Å². The Morgan fingerprint density at radius 1 is 1.20 bits per heavy atom. The molecule has 3 rings (SSSR count). The van der Waals surface area contributed by atoms with Gasteiger partial charge in [0.05, 0.1) is 17.9 Å². The molecule has 0 heterocycles. The van der Waals surface area contributed by atoms with Crippen LogP contribution in [0, 0.1) is 11.3 Å². The Hall–Kier alpha value is -1.59. The average Bonchev–Trinajstić information content (AvgIpc) is 3.25. The van der Waals surface area contributed by atoms with Gasteiger partial charge in [0.15, 0.2) is 0 Å². The zero-order valence-corrected chi connectivity index (χ0v) is 19.3. The van der Waals surface area contributed by atoms with Crippen molar-refractivity contribution in [3.8, 4) is 0 Å². The summed E-state index contributed by atoms with van der Waals surface area (Å²) in [7, 11) is 1.58. The number of amides is 1. The molecule has 0 aliphatic heterocycles. The van der Waals surface area contributed by atoms with Gasteiger partial charge in [-0.25, -0.2) is 0 Å². The van der Waals surface area contributed by atoms with Gasteiger partial charge < -0.3 is 14.8 Å². The molecule has 0 radical (unpaired) electrons. The molecule has 1 N–H and O–H groups in total. The molecule has 2 saturated carbocycles. The zero-order valence-electron chi connectivity index (χ0n) is 18.5. The Bertz CT molecular complexity index is 749. The van der Waals surface area contributed by atoms with Crippen molar-refractivity contribution in [2.75, 3.05) is 13.7 Å². The number of hydrogen-bond acceptors (Lipinski definition) is 4. The summed E-state index contributed by atoms with van der Waals surface area (Å²) in [5, 5.41) is 3.99. The van der Waals surface area contributed by atoms with Crippen LogP contribution in [0.5, 0.6) is 0 Å². The monoisotopic (exact) mass is 435 g/mol. The second-order valence-corrected chi connectivity index (χ2v) is 10.3. The van der Waals surface area contributed by atoms with Crippen LogP contribution < -0.4 is 5.32 Å². The minimum atomic E-state index is -0.562. The maximum absolute atomic E-state index is 13.4. The number of carbonyl (C=O) groups excluding carboxylic acids is 2. The molecule has 0 spiro atoms. The lowest BCUT2D eigenvalue weighted by Crippen LogP contribution is -2.44. The molecular weight excluding hydrogens is 402 g/mol. The van der Waals surface area contributed by atoms with Gasteiger partial charge in [-0.2, -0.15) is 0 Å². The highest BCUT2D eigenvalue weighted by atomic mass is 35.5. The number of methoxy groups -OCH3 is 1. The predicted octanol–water partition coefficient (Wildman–Crippen LogP) is 4.87. The van der Waals surface area contributed by atoms with Crippen LogP contribution in [0.1, 0.15) is 70.8 Å². The van der Waals surface area contributed by atoms with Crippen molar-refractivity contribution >= 4 is 23.5 Å². The SMILES string of the molecule is COCC(CC1(C(=O)NC2C[C@H]2c2ccc(Cl)cc2)CCCC1)C(=O)OC(C)(C)C. The van der Waals surface area contributed by atoms with Crippen molar-refractivity contribution < 1.29 is 19.1 Å². The van der Waals surface area contributed by atoms with Gasteiger partial charge in [-0.05, 0) is 64.2 Å². The molecule has 1 amide bonds. The number of benzene rings is 1. The first kappa shape index (κ1) is 23.1. The summed E-state index contributed by atoms with van der Waals surface area (Å²) >= 11 is 5.98. The number of esters is 1. The topological polar surface area (TPSA) is 64.6 Å². The van der Waals surface area contributed by atoms with E-state index in [2.05, 4.69) is 5.32 Å². The van der Waals surface area contributed by atoms with E-state index in [1.54, 1.807) is 7.11 Å². The van der Waals surface area contributed by atoms with Crippen molar-refractivity contribution in [3.63, 3.8) is 0 Å². The number of ether oxygens (including phenoxy) is 2.